The smallest absolute Gasteiger partial charge is 0.367 e. The van der Waals surface area contributed by atoms with Crippen molar-refractivity contribution >= 4 is 97.5 Å². The summed E-state index contributed by atoms with van der Waals surface area (Å²) in [4.78, 5) is 115. The van der Waals surface area contributed by atoms with Gasteiger partial charge in [-0.25, -0.2) is 26.4 Å². The summed E-state index contributed by atoms with van der Waals surface area (Å²) in [6, 6.07) is 7.92. The predicted octanol–water partition coefficient (Wildman–Crippen LogP) is -1.68. The lowest BCUT2D eigenvalue weighted by molar-refractivity contribution is -0.140. The zero-order valence-corrected chi connectivity index (χ0v) is 45.7. The summed E-state index contributed by atoms with van der Waals surface area (Å²) in [5.74, 6) is -7.97. The molecule has 428 valence electrons. The van der Waals surface area contributed by atoms with Gasteiger partial charge in [-0.05, 0) is 71.8 Å². The second-order valence-corrected chi connectivity index (χ2v) is 22.2. The monoisotopic (exact) mass is 1170 g/mol. The number of nitrogens with zero attached hydrogens (tertiary/aromatic N) is 8. The van der Waals surface area contributed by atoms with Crippen LogP contribution in [0.4, 0.5) is 0 Å². The van der Waals surface area contributed by atoms with Gasteiger partial charge in [0, 0.05) is 57.5 Å². The number of rotatable bonds is 29. The van der Waals surface area contributed by atoms with Crippen LogP contribution in [-0.4, -0.2) is 166 Å². The van der Waals surface area contributed by atoms with Crippen LogP contribution in [0.1, 0.15) is 67.9 Å². The molecule has 34 heteroatoms. The Morgan fingerprint density at radius 2 is 1.08 bits per heavy atom. The van der Waals surface area contributed by atoms with Crippen LogP contribution >= 0.6 is 24.4 Å². The van der Waals surface area contributed by atoms with Gasteiger partial charge in [-0.1, -0.05) is 35.4 Å². The van der Waals surface area contributed by atoms with Crippen molar-refractivity contribution in [1.82, 2.24) is 50.2 Å². The molecule has 0 radical (unpaired) electrons. The number of thiol groups is 1. The maximum atomic E-state index is 13.1. The molecule has 1 unspecified atom stereocenters. The van der Waals surface area contributed by atoms with E-state index in [0.29, 0.717) is 0 Å². The maximum Gasteiger partial charge on any atom is 0.367 e. The van der Waals surface area contributed by atoms with E-state index >= 15 is 0 Å². The lowest BCUT2D eigenvalue weighted by Gasteiger charge is -2.21. The molecule has 2 aromatic heterocycles. The van der Waals surface area contributed by atoms with Gasteiger partial charge in [0.1, 0.15) is 17.5 Å². The Morgan fingerprint density at radius 3 is 1.49 bits per heavy atom. The van der Waals surface area contributed by atoms with Crippen LogP contribution in [0.5, 0.6) is 0 Å². The number of tetrazole rings is 2. The number of carbonyl (C=O) groups is 8. The number of carboxylic acid groups (broad SMARTS) is 4. The van der Waals surface area contributed by atoms with E-state index < -0.39 is 126 Å². The molecule has 30 nitrogen and oxygen atoms in total. The average Bonchev–Trinajstić information content (AvgIpc) is 3.89. The molecule has 4 rings (SSSR count). The van der Waals surface area contributed by atoms with Crippen LogP contribution in [0.25, 0.3) is 6.20 Å². The number of ketones is 2. The van der Waals surface area contributed by atoms with Gasteiger partial charge in [0.2, 0.25) is 21.7 Å². The summed E-state index contributed by atoms with van der Waals surface area (Å²) in [5.41, 5.74) is 11.2. The number of aliphatic carboxylic acids is 4. The van der Waals surface area contributed by atoms with Crippen molar-refractivity contribution in [1.29, 1.82) is 0 Å². The third-order valence-corrected chi connectivity index (χ3v) is 15.5. The third kappa shape index (κ3) is 23.1. The Kier molecular flexibility index (Phi) is 27.1. The van der Waals surface area contributed by atoms with Gasteiger partial charge >= 0.3 is 35.3 Å². The Balaban J connectivity index is 0.000000446. The number of hydrogen-bond acceptors (Lipinski definition) is 22. The van der Waals surface area contributed by atoms with Gasteiger partial charge in [0.25, 0.3) is 0 Å². The van der Waals surface area contributed by atoms with Crippen LogP contribution < -0.4 is 33.5 Å². The molecular formula is C44H60N12O18S4. The molecule has 0 aliphatic carbocycles. The van der Waals surface area contributed by atoms with E-state index in [1.54, 1.807) is 31.2 Å². The first-order valence-electron chi connectivity index (χ1n) is 22.9. The van der Waals surface area contributed by atoms with Crippen LogP contribution in [-0.2, 0) is 72.1 Å². The van der Waals surface area contributed by atoms with Gasteiger partial charge in [0.05, 0.1) is 45.9 Å². The molecule has 2 amide bonds. The minimum Gasteiger partial charge on any atom is -0.481 e. The Bertz CT molecular complexity index is 3120. The fourth-order valence-corrected chi connectivity index (χ4v) is 10.3. The first kappa shape index (κ1) is 66.7. The van der Waals surface area contributed by atoms with Gasteiger partial charge < -0.3 is 42.5 Å². The number of sulfone groups is 2. The molecule has 0 aliphatic rings. The lowest BCUT2D eigenvalue weighted by atomic mass is 10.1. The van der Waals surface area contributed by atoms with Crippen molar-refractivity contribution in [3.8, 4) is 0 Å². The summed E-state index contributed by atoms with van der Waals surface area (Å²) < 4.78 is 53.8. The second kappa shape index (κ2) is 31.7. The van der Waals surface area contributed by atoms with Crippen LogP contribution in [0, 0.1) is 13.8 Å². The predicted molar refractivity (Wildman–Crippen MR) is 280 cm³/mol. The van der Waals surface area contributed by atoms with Crippen molar-refractivity contribution in [3.05, 3.63) is 86.0 Å². The molecule has 4 aromatic rings. The normalized spacial score (nSPS) is 13.3. The largest absolute Gasteiger partial charge is 0.481 e. The average molecular weight is 1170 g/mol. The molecule has 0 bridgehead atoms. The molecule has 2 aromatic carbocycles. The minimum atomic E-state index is -3.95. The maximum absolute atomic E-state index is 13.1. The molecule has 0 spiro atoms. The molecule has 10 N–H and O–H groups in total. The Morgan fingerprint density at radius 1 is 0.641 bits per heavy atom. The van der Waals surface area contributed by atoms with Crippen LogP contribution in [0.3, 0.4) is 0 Å². The molecule has 2 heterocycles. The number of thioether (sulfide) groups is 1. The number of benzene rings is 2. The van der Waals surface area contributed by atoms with E-state index in [-0.39, 0.29) is 59.8 Å². The van der Waals surface area contributed by atoms with Crippen molar-refractivity contribution in [2.24, 2.45) is 25.6 Å². The van der Waals surface area contributed by atoms with Gasteiger partial charge in [-0.2, -0.15) is 31.4 Å². The highest BCUT2D eigenvalue weighted by molar-refractivity contribution is 8.00. The quantitative estimate of drug-likeness (QED) is 0.0274. The highest BCUT2D eigenvalue weighted by atomic mass is 32.2. The third-order valence-electron chi connectivity index (χ3n) is 10.5. The number of aromatic nitrogens is 8. The number of nitrogens with two attached hydrogens (primary N) is 2. The molecule has 0 saturated heterocycles. The first-order valence-corrected chi connectivity index (χ1v) is 27.8. The second-order valence-electron chi connectivity index (χ2n) is 16.8. The molecular weight excluding hydrogens is 1110 g/mol. The number of nitrogens with one attached hydrogen (secondary N) is 2. The van der Waals surface area contributed by atoms with Gasteiger partial charge in [0.15, 0.2) is 21.4 Å². The summed E-state index contributed by atoms with van der Waals surface area (Å²) in [7, 11) is -4.80. The lowest BCUT2D eigenvalue weighted by Crippen LogP contribution is -2.44. The van der Waals surface area contributed by atoms with Crippen molar-refractivity contribution < 1.29 is 75.6 Å². The molecule has 78 heavy (non-hydrogen) atoms. The zero-order chi connectivity index (χ0) is 59.1. The van der Waals surface area contributed by atoms with E-state index in [0.717, 1.165) is 53.2 Å². The van der Waals surface area contributed by atoms with Crippen molar-refractivity contribution in [3.63, 3.8) is 0 Å². The number of hydrogen-bond donors (Lipinski definition) is 9. The number of carboxylic acids is 4. The SMILES string of the molecule is Cc1ccc(S(=O)(=O)/C=C/n2nnn(C)c2=O)cc1.Cc1ccc(S(=O)(=O)CC(SC[C@H](NC(=O)CC[C@H](N)C(=O)O)C(=O)CCC(=O)O)n2nnn(C)c2=O)cc1.N[C@@H](CCC(=O)N[C@@H](CS)C(=O)CCC(=O)O)C(=O)O. The van der Waals surface area contributed by atoms with Crippen molar-refractivity contribution in [2.75, 3.05) is 17.3 Å². The van der Waals surface area contributed by atoms with Crippen LogP contribution in [0.15, 0.2) is 73.3 Å². The molecule has 0 saturated carbocycles. The molecule has 0 aliphatic heterocycles. The van der Waals surface area contributed by atoms with E-state index in [1.807, 2.05) is 6.92 Å². The van der Waals surface area contributed by atoms with Crippen molar-refractivity contribution in [2.45, 2.75) is 105 Å². The zero-order valence-electron chi connectivity index (χ0n) is 42.3. The highest BCUT2D eigenvalue weighted by Crippen LogP contribution is 2.27. The number of aryl methyl sites for hydroxylation is 4. The van der Waals surface area contributed by atoms with E-state index in [2.05, 4.69) is 44.1 Å². The summed E-state index contributed by atoms with van der Waals surface area (Å²) in [6.07, 6.45) is -1.09. The Labute approximate surface area is 454 Å². The standard InChI is InChI=1S/C22H30N6O9S2.C11H12N4O3S.C11H18N2O6S/c1-13-3-5-14(6-4-13)39(36,37)12-19(28-22(35)27(2)25-26-28)38-11-16(17(29)8-10-20(31)32)24-18(30)9-7-15(23)21(33)34;1-9-3-5-10(6-4-9)19(17,18)8-7-15-11(16)14(2)12-13-15;12-6(11(18)19)1-3-9(15)13-7(5-20)8(14)2-4-10(16)17/h3-6,15-16,19H,7-12,23H2,1-2H3,(H,24,30)(H,31,32)(H,33,34);3-8H,1-2H3;6-7,20H,1-5,12H2,(H,13,15)(H,16,17)(H,18,19)/b;8-7+;/t15-,16-,19?;;6-,7-/m0.0/s1. The fraction of sp³-hybridized carbons (Fsp3) is 0.455. The van der Waals surface area contributed by atoms with Gasteiger partial charge in [-0.3, -0.25) is 38.4 Å². The molecule has 0 fully saturated rings. The van der Waals surface area contributed by atoms with E-state index in [4.69, 9.17) is 31.9 Å². The number of carbonyl (C=O) groups excluding carboxylic acids is 4. The summed E-state index contributed by atoms with van der Waals surface area (Å²) in [6.45, 7) is 3.66. The van der Waals surface area contributed by atoms with Crippen LogP contribution in [0.2, 0.25) is 0 Å². The topological polar surface area (TPSA) is 467 Å². The van der Waals surface area contributed by atoms with E-state index in [1.165, 1.54) is 38.4 Å². The summed E-state index contributed by atoms with van der Waals surface area (Å²) in [5, 5.41) is 53.7. The Hall–Kier alpha value is -7.40. The molecule has 5 atom stereocenters. The number of Topliss-reactive ketones (excluding diaryl/α,β-unsaturated/α-hetero) is 2. The van der Waals surface area contributed by atoms with E-state index in [9.17, 15) is 64.8 Å². The first-order chi connectivity index (χ1) is 36.4. The highest BCUT2D eigenvalue weighted by Gasteiger charge is 2.30. The fourth-order valence-electron chi connectivity index (χ4n) is 5.91. The van der Waals surface area contributed by atoms with Gasteiger partial charge in [-0.15, -0.1) is 11.8 Å². The summed E-state index contributed by atoms with van der Waals surface area (Å²) >= 11 is 4.75. The number of amides is 2. The minimum absolute atomic E-state index is 0.00722.